The first kappa shape index (κ1) is 13.2. The summed E-state index contributed by atoms with van der Waals surface area (Å²) >= 11 is 1.76. The second kappa shape index (κ2) is 4.78. The van der Waals surface area contributed by atoms with E-state index in [4.69, 9.17) is 9.84 Å². The van der Waals surface area contributed by atoms with Crippen LogP contribution in [0.2, 0.25) is 0 Å². The van der Waals surface area contributed by atoms with Gasteiger partial charge in [-0.15, -0.1) is 11.8 Å². The van der Waals surface area contributed by atoms with Crippen molar-refractivity contribution in [2.45, 2.75) is 49.6 Å². The number of carbonyl (C=O) groups is 1. The Hall–Kier alpha value is -0.260. The highest BCUT2D eigenvalue weighted by atomic mass is 32.2. The molecule has 4 nitrogen and oxygen atoms in total. The number of thioether (sulfide) groups is 1. The Bertz CT molecular complexity index is 303. The average molecular weight is 260 g/mol. The molecule has 98 valence electrons. The second-order valence-corrected chi connectivity index (χ2v) is 6.52. The number of hydrogen-bond donors (Lipinski definition) is 2. The molecule has 5 heteroatoms. The molecule has 0 amide bonds. The number of aliphatic hydroxyl groups excluding tert-OH is 1. The van der Waals surface area contributed by atoms with E-state index in [2.05, 4.69) is 0 Å². The molecular formula is C12H20O4S. The molecule has 2 aliphatic rings. The Morgan fingerprint density at radius 2 is 2.35 bits per heavy atom. The van der Waals surface area contributed by atoms with E-state index in [-0.39, 0.29) is 23.9 Å². The van der Waals surface area contributed by atoms with Crippen LogP contribution in [0.3, 0.4) is 0 Å². The summed E-state index contributed by atoms with van der Waals surface area (Å²) in [6, 6.07) is 0. The average Bonchev–Trinajstić information content (AvgIpc) is 2.84. The van der Waals surface area contributed by atoms with Gasteiger partial charge in [0.05, 0.1) is 6.61 Å². The second-order valence-electron chi connectivity index (χ2n) is 5.20. The maximum absolute atomic E-state index is 10.7. The number of hydrogen-bond acceptors (Lipinski definition) is 4. The highest BCUT2D eigenvalue weighted by molar-refractivity contribution is 8.00. The lowest BCUT2D eigenvalue weighted by molar-refractivity contribution is -0.138. The molecule has 1 saturated carbocycles. The van der Waals surface area contributed by atoms with Gasteiger partial charge in [0.2, 0.25) is 0 Å². The number of aliphatic hydroxyl groups is 1. The van der Waals surface area contributed by atoms with Crippen molar-refractivity contribution in [1.29, 1.82) is 0 Å². The molecule has 2 rings (SSSR count). The van der Waals surface area contributed by atoms with Gasteiger partial charge in [-0.25, -0.2) is 0 Å². The molecule has 1 heterocycles. The number of aliphatic carboxylic acids is 1. The predicted molar refractivity (Wildman–Crippen MR) is 66.0 cm³/mol. The summed E-state index contributed by atoms with van der Waals surface area (Å²) in [6.45, 7) is 2.08. The maximum Gasteiger partial charge on any atom is 0.303 e. The van der Waals surface area contributed by atoms with Gasteiger partial charge < -0.3 is 14.9 Å². The zero-order valence-electron chi connectivity index (χ0n) is 10.1. The molecule has 3 atom stereocenters. The molecule has 2 fully saturated rings. The normalized spacial score (nSPS) is 41.2. The number of carboxylic acid groups (broad SMARTS) is 1. The van der Waals surface area contributed by atoms with Gasteiger partial charge in [-0.05, 0) is 31.6 Å². The smallest absolute Gasteiger partial charge is 0.303 e. The van der Waals surface area contributed by atoms with Gasteiger partial charge in [0, 0.05) is 12.2 Å². The number of carboxylic acids is 1. The summed E-state index contributed by atoms with van der Waals surface area (Å²) in [5, 5.41) is 18.3. The monoisotopic (exact) mass is 260 g/mol. The van der Waals surface area contributed by atoms with Gasteiger partial charge in [-0.3, -0.25) is 4.79 Å². The van der Waals surface area contributed by atoms with Crippen LogP contribution in [-0.2, 0) is 9.53 Å². The summed E-state index contributed by atoms with van der Waals surface area (Å²) in [5.41, 5.74) is -0.400. The van der Waals surface area contributed by atoms with E-state index < -0.39 is 11.6 Å². The Balaban J connectivity index is 1.98. The molecule has 1 aliphatic heterocycles. The zero-order valence-corrected chi connectivity index (χ0v) is 11.0. The summed E-state index contributed by atoms with van der Waals surface area (Å²) in [5.74, 6) is 0.324. The van der Waals surface area contributed by atoms with E-state index in [1.165, 1.54) is 0 Å². The van der Waals surface area contributed by atoms with Crippen molar-refractivity contribution in [2.24, 2.45) is 5.92 Å². The van der Waals surface area contributed by atoms with Gasteiger partial charge in [0.15, 0.2) is 0 Å². The minimum Gasteiger partial charge on any atom is -0.481 e. The highest BCUT2D eigenvalue weighted by Gasteiger charge is 2.52. The third kappa shape index (κ3) is 2.61. The van der Waals surface area contributed by atoms with E-state index in [1.54, 1.807) is 11.8 Å². The maximum atomic E-state index is 10.7. The van der Waals surface area contributed by atoms with Crippen LogP contribution in [0.25, 0.3) is 0 Å². The highest BCUT2D eigenvalue weighted by Crippen LogP contribution is 2.54. The van der Waals surface area contributed by atoms with Gasteiger partial charge >= 0.3 is 5.97 Å². The van der Waals surface area contributed by atoms with E-state index in [9.17, 15) is 9.90 Å². The molecule has 17 heavy (non-hydrogen) atoms. The molecule has 0 radical (unpaired) electrons. The van der Waals surface area contributed by atoms with Crippen molar-refractivity contribution in [2.75, 3.05) is 12.4 Å². The van der Waals surface area contributed by atoms with Crippen molar-refractivity contribution < 1.29 is 19.7 Å². The minimum absolute atomic E-state index is 0.0574. The molecular weight excluding hydrogens is 240 g/mol. The molecule has 0 aromatic heterocycles. The van der Waals surface area contributed by atoms with Crippen LogP contribution < -0.4 is 0 Å². The summed E-state index contributed by atoms with van der Waals surface area (Å²) in [7, 11) is 0. The number of rotatable bonds is 4. The lowest BCUT2D eigenvalue weighted by Gasteiger charge is -2.29. The van der Waals surface area contributed by atoms with Crippen molar-refractivity contribution in [3.63, 3.8) is 0 Å². The molecule has 2 N–H and O–H groups in total. The Labute approximate surface area is 106 Å². The Morgan fingerprint density at radius 3 is 2.88 bits per heavy atom. The molecule has 3 unspecified atom stereocenters. The SMILES string of the molecule is CCC1(CO)CSC2(CCC(CC(=O)O)C2)O1. The van der Waals surface area contributed by atoms with Crippen LogP contribution in [0.1, 0.15) is 39.0 Å². The molecule has 0 aromatic carbocycles. The molecule has 1 aliphatic carbocycles. The lowest BCUT2D eigenvalue weighted by Crippen LogP contribution is -2.38. The number of ether oxygens (including phenoxy) is 1. The van der Waals surface area contributed by atoms with Crippen LogP contribution in [0.4, 0.5) is 0 Å². The molecule has 0 aromatic rings. The van der Waals surface area contributed by atoms with Gasteiger partial charge in [0.25, 0.3) is 0 Å². The van der Waals surface area contributed by atoms with Gasteiger partial charge in [0.1, 0.15) is 10.5 Å². The first-order chi connectivity index (χ1) is 8.03. The fourth-order valence-corrected chi connectivity index (χ4v) is 4.53. The van der Waals surface area contributed by atoms with Crippen molar-refractivity contribution in [1.82, 2.24) is 0 Å². The van der Waals surface area contributed by atoms with Crippen molar-refractivity contribution in [3.05, 3.63) is 0 Å². The zero-order chi connectivity index (χ0) is 12.5. The largest absolute Gasteiger partial charge is 0.481 e. The van der Waals surface area contributed by atoms with Crippen LogP contribution in [0.5, 0.6) is 0 Å². The fourth-order valence-electron chi connectivity index (χ4n) is 2.79. The quantitative estimate of drug-likeness (QED) is 0.807. The van der Waals surface area contributed by atoms with E-state index in [0.29, 0.717) is 0 Å². The molecule has 1 saturated heterocycles. The fraction of sp³-hybridized carbons (Fsp3) is 0.917. The van der Waals surface area contributed by atoms with E-state index >= 15 is 0 Å². The standard InChI is InChI=1S/C12H20O4S/c1-2-11(7-13)8-17-12(16-11)4-3-9(6-12)5-10(14)15/h9,13H,2-8H2,1H3,(H,14,15). The third-order valence-electron chi connectivity index (χ3n) is 3.93. The minimum atomic E-state index is -0.723. The first-order valence-electron chi connectivity index (χ1n) is 6.20. The van der Waals surface area contributed by atoms with Crippen LogP contribution in [0, 0.1) is 5.92 Å². The van der Waals surface area contributed by atoms with Crippen LogP contribution in [0.15, 0.2) is 0 Å². The van der Waals surface area contributed by atoms with Gasteiger partial charge in [-0.1, -0.05) is 6.92 Å². The third-order valence-corrected chi connectivity index (χ3v) is 5.58. The Morgan fingerprint density at radius 1 is 1.59 bits per heavy atom. The summed E-state index contributed by atoms with van der Waals surface area (Å²) in [6.07, 6.45) is 3.69. The summed E-state index contributed by atoms with van der Waals surface area (Å²) < 4.78 is 6.13. The molecule has 0 bridgehead atoms. The first-order valence-corrected chi connectivity index (χ1v) is 7.18. The topological polar surface area (TPSA) is 66.8 Å². The summed E-state index contributed by atoms with van der Waals surface area (Å²) in [4.78, 5) is 10.5. The lowest BCUT2D eigenvalue weighted by atomic mass is 10.0. The molecule has 1 spiro atoms. The van der Waals surface area contributed by atoms with E-state index in [0.717, 1.165) is 31.4 Å². The van der Waals surface area contributed by atoms with E-state index in [1.807, 2.05) is 6.92 Å². The van der Waals surface area contributed by atoms with Crippen molar-refractivity contribution >= 4 is 17.7 Å². The van der Waals surface area contributed by atoms with Crippen LogP contribution >= 0.6 is 11.8 Å². The predicted octanol–water partition coefficient (Wildman–Crippen LogP) is 1.86. The van der Waals surface area contributed by atoms with Gasteiger partial charge in [-0.2, -0.15) is 0 Å². The van der Waals surface area contributed by atoms with Crippen LogP contribution in [-0.4, -0.2) is 39.1 Å². The van der Waals surface area contributed by atoms with Crippen molar-refractivity contribution in [3.8, 4) is 0 Å². The Kier molecular flexibility index (Phi) is 3.71.